The summed E-state index contributed by atoms with van der Waals surface area (Å²) < 4.78 is 29.2. The first-order chi connectivity index (χ1) is 67.1. The molecule has 636 valence electrons. The van der Waals surface area contributed by atoms with Gasteiger partial charge in [0.2, 0.25) is 5.95 Å². The van der Waals surface area contributed by atoms with Crippen LogP contribution >= 0.6 is 0 Å². The molecular formula is C124H77N9O3. The number of furan rings is 3. The van der Waals surface area contributed by atoms with E-state index in [2.05, 4.69) is 378 Å². The third-order valence-corrected chi connectivity index (χ3v) is 28.1. The molecule has 19 aromatic carbocycles. The van der Waals surface area contributed by atoms with E-state index in [0.29, 0.717) is 23.4 Å². The number of nitrogens with zero attached hydrogens (tertiary/aromatic N) is 9. The van der Waals surface area contributed by atoms with E-state index in [0.717, 1.165) is 188 Å². The van der Waals surface area contributed by atoms with Crippen LogP contribution in [0.1, 0.15) is 25.0 Å². The zero-order valence-corrected chi connectivity index (χ0v) is 73.7. The Morgan fingerprint density at radius 1 is 0.184 bits per heavy atom. The van der Waals surface area contributed by atoms with E-state index in [4.69, 9.17) is 38.2 Å². The van der Waals surface area contributed by atoms with Gasteiger partial charge in [0, 0.05) is 144 Å². The van der Waals surface area contributed by atoms with Gasteiger partial charge in [0.15, 0.2) is 17.5 Å². The summed E-state index contributed by atoms with van der Waals surface area (Å²) in [7, 11) is 0. The molecule has 12 nitrogen and oxygen atoms in total. The van der Waals surface area contributed by atoms with Gasteiger partial charge in [-0.15, -0.1) is 0 Å². The Morgan fingerprint density at radius 3 is 1.12 bits per heavy atom. The Labute approximate surface area is 778 Å². The van der Waals surface area contributed by atoms with Gasteiger partial charge >= 0.3 is 0 Å². The standard InChI is InChI=1S/C66H43N5O.C58H34N4O2/c1-66(2)55-27-14-12-25-47(55)49-36-52-50-34-42(43-30-32-61-53(35-43)54-37-51-48-26-13-15-28-57(48)70(45-22-10-5-11-23-45)60(51)39-62(54)72-61)29-31-58(50)71(59(52)38-56(49)66)46-24-16-21-44(33-46)65-68-63(40-17-6-3-7-18-40)67-64(69-65)41-19-8-4-9-20-41;1-4-14-35(15-5-1)48-32-49(36-16-6-2-7-17-36)60-58(59-48)62-51-27-25-37(28-43(51)45-31-46-41-21-11-13-23-54(41)63-56(46)34-53(45)62)38-24-26-42-47-30-44-40-20-10-12-22-50(40)61(39-18-8-3-9-19-39)52(44)33-57(47)64-55(42)29-38/h3-39H,1-2H3;1-34H. The number of para-hydroxylation sites is 5. The second-order valence-electron chi connectivity index (χ2n) is 36.2. The lowest BCUT2D eigenvalue weighted by atomic mass is 9.82. The van der Waals surface area contributed by atoms with Crippen LogP contribution < -0.4 is 0 Å². The van der Waals surface area contributed by atoms with Gasteiger partial charge in [0.1, 0.15) is 33.5 Å². The number of fused-ring (bicyclic) bond motifs is 24. The highest BCUT2D eigenvalue weighted by Gasteiger charge is 2.37. The van der Waals surface area contributed by atoms with Crippen molar-refractivity contribution in [3.05, 3.63) is 442 Å². The molecule has 0 spiro atoms. The maximum atomic E-state index is 6.76. The van der Waals surface area contributed by atoms with Crippen LogP contribution in [-0.2, 0) is 5.41 Å². The van der Waals surface area contributed by atoms with Crippen LogP contribution in [0.5, 0.6) is 0 Å². The fraction of sp³-hybridized carbons (Fsp3) is 0.0242. The molecular weight excluding hydrogens is 1660 g/mol. The zero-order chi connectivity index (χ0) is 89.5. The number of hydrogen-bond acceptors (Lipinski definition) is 8. The number of benzene rings is 19. The molecule has 0 saturated heterocycles. The quantitative estimate of drug-likeness (QED) is 0.125. The highest BCUT2D eigenvalue weighted by Crippen LogP contribution is 2.53. The van der Waals surface area contributed by atoms with Crippen molar-refractivity contribution in [3.63, 3.8) is 0 Å². The van der Waals surface area contributed by atoms with Crippen molar-refractivity contribution in [3.8, 4) is 113 Å². The van der Waals surface area contributed by atoms with Crippen LogP contribution in [0.2, 0.25) is 0 Å². The minimum Gasteiger partial charge on any atom is -0.456 e. The molecule has 0 bridgehead atoms. The Balaban J connectivity index is 0.000000136. The van der Waals surface area contributed by atoms with Crippen molar-refractivity contribution in [1.82, 2.24) is 43.2 Å². The van der Waals surface area contributed by atoms with Crippen molar-refractivity contribution in [1.29, 1.82) is 0 Å². The van der Waals surface area contributed by atoms with E-state index in [1.807, 2.05) is 84.9 Å². The average molecular weight is 1740 g/mol. The van der Waals surface area contributed by atoms with Gasteiger partial charge in [-0.25, -0.2) is 24.9 Å². The van der Waals surface area contributed by atoms with Crippen LogP contribution in [0.25, 0.3) is 266 Å². The SMILES string of the molecule is CC1(C)c2ccccc2-c2cc3c4cc(-c5ccc6oc7cc8c(cc7c6c5)c5ccccc5n8-c5ccccc5)ccc4n(-c4cccc(-c5nc(-c6ccccc6)nc(-c6ccccc6)n5)c4)c3cc21.c1ccc(-c2cc(-c3ccccc3)nc(-n3c4ccc(-c5ccc6c(c5)oc5cc7c(cc56)c5ccccc5n7-c5ccccc5)cc4c4cc5c(cc43)oc3ccccc35)n2)cc1. The summed E-state index contributed by atoms with van der Waals surface area (Å²) in [5, 5.41) is 16.0. The summed E-state index contributed by atoms with van der Waals surface area (Å²) in [6.45, 7) is 4.71. The van der Waals surface area contributed by atoms with Crippen LogP contribution in [-0.4, -0.2) is 43.2 Å². The highest BCUT2D eigenvalue weighted by atomic mass is 16.3. The summed E-state index contributed by atoms with van der Waals surface area (Å²) in [5.74, 6) is 2.48. The average Bonchev–Trinajstić information content (AvgIpc) is 1.55. The normalized spacial score (nSPS) is 12.5. The molecule has 0 atom stereocenters. The van der Waals surface area contributed by atoms with Crippen LogP contribution in [0.4, 0.5) is 0 Å². The minimum absolute atomic E-state index is 0.175. The molecule has 0 N–H and O–H groups in total. The van der Waals surface area contributed by atoms with Crippen molar-refractivity contribution in [2.75, 3.05) is 0 Å². The third-order valence-electron chi connectivity index (χ3n) is 28.1. The highest BCUT2D eigenvalue weighted by molar-refractivity contribution is 6.22. The Bertz CT molecular complexity index is 9720. The van der Waals surface area contributed by atoms with E-state index < -0.39 is 0 Å². The van der Waals surface area contributed by atoms with Crippen LogP contribution in [0.15, 0.2) is 444 Å². The van der Waals surface area contributed by atoms with Gasteiger partial charge in [-0.2, -0.15) is 0 Å². The molecule has 1 aliphatic rings. The predicted molar refractivity (Wildman–Crippen MR) is 557 cm³/mol. The second kappa shape index (κ2) is 30.0. The molecule has 28 aromatic rings. The van der Waals surface area contributed by atoms with Gasteiger partial charge in [0.25, 0.3) is 0 Å². The molecule has 0 saturated carbocycles. The van der Waals surface area contributed by atoms with Crippen molar-refractivity contribution in [2.45, 2.75) is 19.3 Å². The maximum absolute atomic E-state index is 6.76. The number of rotatable bonds is 11. The molecule has 29 rings (SSSR count). The topological polar surface area (TPSA) is 124 Å². The van der Waals surface area contributed by atoms with Crippen molar-refractivity contribution in [2.24, 2.45) is 0 Å². The lowest BCUT2D eigenvalue weighted by Crippen LogP contribution is -2.14. The van der Waals surface area contributed by atoms with Gasteiger partial charge < -0.3 is 27.0 Å². The van der Waals surface area contributed by atoms with Gasteiger partial charge in [-0.05, 0) is 184 Å². The fourth-order valence-corrected chi connectivity index (χ4v) is 21.6. The molecule has 136 heavy (non-hydrogen) atoms. The van der Waals surface area contributed by atoms with E-state index in [1.165, 1.54) is 65.6 Å². The third kappa shape index (κ3) is 12.1. The summed E-state index contributed by atoms with van der Waals surface area (Å²) >= 11 is 0. The number of aromatic nitrogens is 9. The summed E-state index contributed by atoms with van der Waals surface area (Å²) in [6, 6.07) is 153. The van der Waals surface area contributed by atoms with E-state index >= 15 is 0 Å². The molecule has 0 aliphatic heterocycles. The molecule has 0 unspecified atom stereocenters. The molecule has 12 heteroatoms. The van der Waals surface area contributed by atoms with Crippen molar-refractivity contribution >= 4 is 153 Å². The molecule has 1 aliphatic carbocycles. The molecule has 9 aromatic heterocycles. The second-order valence-corrected chi connectivity index (χ2v) is 36.2. The van der Waals surface area contributed by atoms with Crippen LogP contribution in [0.3, 0.4) is 0 Å². The lowest BCUT2D eigenvalue weighted by Gasteiger charge is -2.21. The van der Waals surface area contributed by atoms with E-state index in [9.17, 15) is 0 Å². The Morgan fingerprint density at radius 2 is 0.544 bits per heavy atom. The zero-order valence-electron chi connectivity index (χ0n) is 73.7. The molecule has 0 radical (unpaired) electrons. The van der Waals surface area contributed by atoms with Gasteiger partial charge in [-0.1, -0.05) is 287 Å². The minimum atomic E-state index is -0.175. The van der Waals surface area contributed by atoms with E-state index in [1.54, 1.807) is 0 Å². The first kappa shape index (κ1) is 76.7. The Kier molecular flexibility index (Phi) is 16.9. The van der Waals surface area contributed by atoms with E-state index in [-0.39, 0.29) is 5.41 Å². The first-order valence-electron chi connectivity index (χ1n) is 46.1. The lowest BCUT2D eigenvalue weighted by molar-refractivity contribution is 0.661. The largest absolute Gasteiger partial charge is 0.456 e. The van der Waals surface area contributed by atoms with Crippen LogP contribution in [0, 0.1) is 0 Å². The monoisotopic (exact) mass is 1740 g/mol. The van der Waals surface area contributed by atoms with Gasteiger partial charge in [-0.3, -0.25) is 4.57 Å². The summed E-state index contributed by atoms with van der Waals surface area (Å²) in [5.41, 5.74) is 33.3. The maximum Gasteiger partial charge on any atom is 0.235 e. The molecule has 0 amide bonds. The smallest absolute Gasteiger partial charge is 0.235 e. The predicted octanol–water partition coefficient (Wildman–Crippen LogP) is 32.4. The van der Waals surface area contributed by atoms with Gasteiger partial charge in [0.05, 0.1) is 55.5 Å². The molecule has 9 heterocycles. The van der Waals surface area contributed by atoms with Crippen molar-refractivity contribution < 1.29 is 13.3 Å². The summed E-state index contributed by atoms with van der Waals surface area (Å²) in [4.78, 5) is 25.8. The first-order valence-corrected chi connectivity index (χ1v) is 46.1. The molecule has 0 fully saturated rings. The summed E-state index contributed by atoms with van der Waals surface area (Å²) in [6.07, 6.45) is 0. The Hall–Kier alpha value is -18.1. The number of hydrogen-bond donors (Lipinski definition) is 0. The fourth-order valence-electron chi connectivity index (χ4n) is 21.6.